The fraction of sp³-hybridized carbons (Fsp3) is 0.250. The highest BCUT2D eigenvalue weighted by molar-refractivity contribution is 6.30. The number of benzene rings is 2. The lowest BCUT2D eigenvalue weighted by molar-refractivity contribution is 0.214. The van der Waals surface area contributed by atoms with E-state index in [1.165, 1.54) is 0 Å². The second-order valence-corrected chi connectivity index (χ2v) is 5.22. The van der Waals surface area contributed by atoms with Crippen LogP contribution in [0.25, 0.3) is 0 Å². The van der Waals surface area contributed by atoms with Gasteiger partial charge in [-0.2, -0.15) is 0 Å². The van der Waals surface area contributed by atoms with Crippen molar-refractivity contribution in [2.24, 2.45) is 5.73 Å². The summed E-state index contributed by atoms with van der Waals surface area (Å²) >= 11 is 5.90. The summed E-state index contributed by atoms with van der Waals surface area (Å²) in [7, 11) is 4.00. The van der Waals surface area contributed by atoms with Crippen molar-refractivity contribution in [1.82, 2.24) is 0 Å². The molecule has 0 fully saturated rings. The zero-order valence-electron chi connectivity index (χ0n) is 11.7. The standard InChI is InChI=1S/C16H19ClN2O/c1-19(2)14-4-3-5-15(10-14)20-16(11-18)12-6-8-13(17)9-7-12/h3-10,16H,11,18H2,1-2H3. The second-order valence-electron chi connectivity index (χ2n) is 4.79. The van der Waals surface area contributed by atoms with E-state index in [1.807, 2.05) is 67.5 Å². The predicted octanol–water partition coefficient (Wildman–Crippen LogP) is 3.48. The summed E-state index contributed by atoms with van der Waals surface area (Å²) in [6.07, 6.45) is -0.176. The quantitative estimate of drug-likeness (QED) is 0.916. The normalized spacial score (nSPS) is 12.0. The Kier molecular flexibility index (Phi) is 4.88. The monoisotopic (exact) mass is 290 g/mol. The number of ether oxygens (including phenoxy) is 1. The highest BCUT2D eigenvalue weighted by Crippen LogP contribution is 2.25. The van der Waals surface area contributed by atoms with Gasteiger partial charge in [-0.1, -0.05) is 29.8 Å². The Morgan fingerprint density at radius 1 is 1.15 bits per heavy atom. The van der Waals surface area contributed by atoms with E-state index >= 15 is 0 Å². The van der Waals surface area contributed by atoms with Crippen molar-refractivity contribution in [3.05, 3.63) is 59.1 Å². The maximum Gasteiger partial charge on any atom is 0.136 e. The first-order chi connectivity index (χ1) is 9.60. The maximum atomic E-state index is 5.99. The van der Waals surface area contributed by atoms with Crippen LogP contribution in [-0.2, 0) is 0 Å². The molecule has 0 amide bonds. The molecule has 2 rings (SSSR count). The molecule has 0 spiro atoms. The van der Waals surface area contributed by atoms with E-state index in [-0.39, 0.29) is 6.10 Å². The summed E-state index contributed by atoms with van der Waals surface area (Å²) in [4.78, 5) is 2.03. The van der Waals surface area contributed by atoms with Crippen LogP contribution < -0.4 is 15.4 Å². The van der Waals surface area contributed by atoms with Gasteiger partial charge in [0.1, 0.15) is 11.9 Å². The van der Waals surface area contributed by atoms with Gasteiger partial charge in [0.05, 0.1) is 0 Å². The molecular weight excluding hydrogens is 272 g/mol. The lowest BCUT2D eigenvalue weighted by atomic mass is 10.1. The molecule has 0 aliphatic rings. The van der Waals surface area contributed by atoms with Crippen molar-refractivity contribution >= 4 is 17.3 Å². The van der Waals surface area contributed by atoms with Gasteiger partial charge in [0.25, 0.3) is 0 Å². The fourth-order valence-corrected chi connectivity index (χ4v) is 2.05. The Balaban J connectivity index is 2.17. The van der Waals surface area contributed by atoms with Gasteiger partial charge in [0.2, 0.25) is 0 Å². The summed E-state index contributed by atoms with van der Waals surface area (Å²) in [6, 6.07) is 15.5. The van der Waals surface area contributed by atoms with E-state index in [9.17, 15) is 0 Å². The van der Waals surface area contributed by atoms with E-state index in [2.05, 4.69) is 0 Å². The van der Waals surface area contributed by atoms with E-state index in [0.29, 0.717) is 11.6 Å². The predicted molar refractivity (Wildman–Crippen MR) is 84.6 cm³/mol. The summed E-state index contributed by atoms with van der Waals surface area (Å²) in [5.74, 6) is 0.807. The van der Waals surface area contributed by atoms with Crippen LogP contribution >= 0.6 is 11.6 Å². The zero-order valence-corrected chi connectivity index (χ0v) is 12.5. The van der Waals surface area contributed by atoms with Crippen LogP contribution in [0.5, 0.6) is 5.75 Å². The molecule has 2 aromatic carbocycles. The molecule has 0 aromatic heterocycles. The van der Waals surface area contributed by atoms with Crippen LogP contribution in [0, 0.1) is 0 Å². The van der Waals surface area contributed by atoms with Crippen molar-refractivity contribution < 1.29 is 4.74 Å². The molecule has 106 valence electrons. The van der Waals surface area contributed by atoms with Crippen LogP contribution in [0.2, 0.25) is 5.02 Å². The topological polar surface area (TPSA) is 38.5 Å². The van der Waals surface area contributed by atoms with Crippen LogP contribution in [0.3, 0.4) is 0 Å². The smallest absolute Gasteiger partial charge is 0.136 e. The van der Waals surface area contributed by atoms with Gasteiger partial charge < -0.3 is 15.4 Å². The summed E-state index contributed by atoms with van der Waals surface area (Å²) in [6.45, 7) is 0.411. The zero-order chi connectivity index (χ0) is 14.5. The Morgan fingerprint density at radius 3 is 2.45 bits per heavy atom. The SMILES string of the molecule is CN(C)c1cccc(OC(CN)c2ccc(Cl)cc2)c1. The maximum absolute atomic E-state index is 5.99. The summed E-state index contributed by atoms with van der Waals surface area (Å²) < 4.78 is 5.99. The first-order valence-electron chi connectivity index (χ1n) is 6.49. The first-order valence-corrected chi connectivity index (χ1v) is 6.87. The largest absolute Gasteiger partial charge is 0.484 e. The first kappa shape index (κ1) is 14.7. The Bertz CT molecular complexity index is 555. The molecule has 2 aromatic rings. The highest BCUT2D eigenvalue weighted by atomic mass is 35.5. The van der Waals surface area contributed by atoms with Gasteiger partial charge in [-0.25, -0.2) is 0 Å². The van der Waals surface area contributed by atoms with Crippen molar-refractivity contribution in [2.45, 2.75) is 6.10 Å². The molecule has 0 saturated heterocycles. The van der Waals surface area contributed by atoms with Crippen LogP contribution in [0.15, 0.2) is 48.5 Å². The lowest BCUT2D eigenvalue weighted by Gasteiger charge is -2.20. The van der Waals surface area contributed by atoms with Crippen molar-refractivity contribution in [3.63, 3.8) is 0 Å². The van der Waals surface area contributed by atoms with Gasteiger partial charge >= 0.3 is 0 Å². The average molecular weight is 291 g/mol. The molecule has 0 aliphatic carbocycles. The molecule has 3 nitrogen and oxygen atoms in total. The molecule has 0 heterocycles. The molecule has 0 bridgehead atoms. The summed E-state index contributed by atoms with van der Waals surface area (Å²) in [5, 5.41) is 0.708. The molecule has 2 N–H and O–H groups in total. The van der Waals surface area contributed by atoms with Gasteiger partial charge in [-0.15, -0.1) is 0 Å². The van der Waals surface area contributed by atoms with Crippen LogP contribution in [0.4, 0.5) is 5.69 Å². The Morgan fingerprint density at radius 2 is 1.85 bits per heavy atom. The molecular formula is C16H19ClN2O. The van der Waals surface area contributed by atoms with Gasteiger partial charge in [0.15, 0.2) is 0 Å². The third-order valence-electron chi connectivity index (χ3n) is 3.07. The molecule has 4 heteroatoms. The molecule has 0 radical (unpaired) electrons. The minimum atomic E-state index is -0.176. The number of nitrogens with two attached hydrogens (primary N) is 1. The number of anilines is 1. The van der Waals surface area contributed by atoms with Crippen molar-refractivity contribution in [3.8, 4) is 5.75 Å². The third-order valence-corrected chi connectivity index (χ3v) is 3.32. The average Bonchev–Trinajstić information content (AvgIpc) is 2.46. The van der Waals surface area contributed by atoms with Gasteiger partial charge in [-0.05, 0) is 29.8 Å². The van der Waals surface area contributed by atoms with Crippen molar-refractivity contribution in [1.29, 1.82) is 0 Å². The Labute approximate surface area is 124 Å². The second kappa shape index (κ2) is 6.64. The number of hydrogen-bond acceptors (Lipinski definition) is 3. The minimum Gasteiger partial charge on any atom is -0.484 e. The molecule has 1 atom stereocenters. The van der Waals surface area contributed by atoms with E-state index in [1.54, 1.807) is 0 Å². The Hall–Kier alpha value is -1.71. The number of rotatable bonds is 5. The minimum absolute atomic E-state index is 0.176. The van der Waals surface area contributed by atoms with E-state index in [4.69, 9.17) is 22.1 Å². The highest BCUT2D eigenvalue weighted by Gasteiger charge is 2.12. The molecule has 20 heavy (non-hydrogen) atoms. The van der Waals surface area contributed by atoms with E-state index < -0.39 is 0 Å². The van der Waals surface area contributed by atoms with Crippen LogP contribution in [-0.4, -0.2) is 20.6 Å². The lowest BCUT2D eigenvalue weighted by Crippen LogP contribution is -2.18. The fourth-order valence-electron chi connectivity index (χ4n) is 1.93. The number of halogens is 1. The molecule has 1 unspecified atom stereocenters. The van der Waals surface area contributed by atoms with E-state index in [0.717, 1.165) is 17.0 Å². The molecule has 0 saturated carbocycles. The number of nitrogens with zero attached hydrogens (tertiary/aromatic N) is 1. The molecule has 0 aliphatic heterocycles. The summed E-state index contributed by atoms with van der Waals surface area (Å²) in [5.41, 5.74) is 7.93. The third kappa shape index (κ3) is 3.65. The van der Waals surface area contributed by atoms with Crippen molar-refractivity contribution in [2.75, 3.05) is 25.5 Å². The van der Waals surface area contributed by atoms with Crippen LogP contribution in [0.1, 0.15) is 11.7 Å². The van der Waals surface area contributed by atoms with Gasteiger partial charge in [-0.3, -0.25) is 0 Å². The van der Waals surface area contributed by atoms with Gasteiger partial charge in [0, 0.05) is 37.4 Å². The number of hydrogen-bond donors (Lipinski definition) is 1.